The number of fused-ring (bicyclic) bond motifs is 3. The molecule has 0 spiro atoms. The van der Waals surface area contributed by atoms with E-state index in [4.69, 9.17) is 37.4 Å². The van der Waals surface area contributed by atoms with E-state index in [1.165, 1.54) is 24.3 Å². The number of nitrogens with one attached hydrogen (secondary N) is 2. The summed E-state index contributed by atoms with van der Waals surface area (Å²) in [7, 11) is 0. The zero-order valence-electron chi connectivity index (χ0n) is 21.2. The molecule has 39 heavy (non-hydrogen) atoms. The van der Waals surface area contributed by atoms with E-state index in [0.717, 1.165) is 18.6 Å². The van der Waals surface area contributed by atoms with Crippen LogP contribution >= 0.6 is 23.2 Å². The van der Waals surface area contributed by atoms with E-state index in [-0.39, 0.29) is 52.5 Å². The lowest BCUT2D eigenvalue weighted by Gasteiger charge is -2.59. The number of benzene rings is 2. The monoisotopic (exact) mass is 582 g/mol. The van der Waals surface area contributed by atoms with E-state index in [1.807, 2.05) is 0 Å². The number of carbonyl (C=O) groups excluding carboxylic acids is 2. The van der Waals surface area contributed by atoms with Crippen LogP contribution < -0.4 is 20.1 Å². The molecule has 0 radical (unpaired) electrons. The number of hydrogen-bond donors (Lipinski definition) is 2. The van der Waals surface area contributed by atoms with Crippen LogP contribution in [-0.4, -0.2) is 49.3 Å². The van der Waals surface area contributed by atoms with Gasteiger partial charge in [-0.2, -0.15) is 0 Å². The summed E-state index contributed by atoms with van der Waals surface area (Å²) in [5, 5.41) is 6.39. The van der Waals surface area contributed by atoms with E-state index in [0.29, 0.717) is 51.2 Å². The first-order valence-corrected chi connectivity index (χ1v) is 13.8. The number of amides is 2. The molecule has 1 aliphatic heterocycles. The topological polar surface area (TPSA) is 85.9 Å². The molecule has 2 bridgehead atoms. The molecule has 1 saturated heterocycles. The molecule has 2 aromatic rings. The van der Waals surface area contributed by atoms with Gasteiger partial charge in [0.2, 0.25) is 0 Å². The highest BCUT2D eigenvalue weighted by Gasteiger charge is 2.56. The van der Waals surface area contributed by atoms with Crippen molar-refractivity contribution in [2.24, 2.45) is 11.8 Å². The Labute approximate surface area is 235 Å². The van der Waals surface area contributed by atoms with Gasteiger partial charge < -0.3 is 24.8 Å². The maximum absolute atomic E-state index is 13.7. The van der Waals surface area contributed by atoms with Gasteiger partial charge in [-0.05, 0) is 68.7 Å². The summed E-state index contributed by atoms with van der Waals surface area (Å²) in [5.41, 5.74) is -0.810. The molecule has 7 nitrogen and oxygen atoms in total. The molecule has 0 aromatic heterocycles. The molecule has 4 fully saturated rings. The first-order chi connectivity index (χ1) is 18.7. The van der Waals surface area contributed by atoms with E-state index >= 15 is 0 Å². The molecule has 1 heterocycles. The molecular formula is C28H30Cl2F2N2O5. The quantitative estimate of drug-likeness (QED) is 0.408. The van der Waals surface area contributed by atoms with Crippen LogP contribution in [0.5, 0.6) is 11.5 Å². The zero-order valence-corrected chi connectivity index (χ0v) is 22.8. The van der Waals surface area contributed by atoms with Crippen molar-refractivity contribution >= 4 is 35.0 Å². The summed E-state index contributed by atoms with van der Waals surface area (Å²) < 4.78 is 43.8. The van der Waals surface area contributed by atoms with Crippen molar-refractivity contribution in [2.75, 3.05) is 26.4 Å². The molecule has 1 unspecified atom stereocenters. The fraction of sp³-hybridized carbons (Fsp3) is 0.500. The van der Waals surface area contributed by atoms with Crippen molar-refractivity contribution < 1.29 is 32.6 Å². The van der Waals surface area contributed by atoms with Crippen LogP contribution in [0.2, 0.25) is 10.0 Å². The van der Waals surface area contributed by atoms with Crippen LogP contribution in [0.3, 0.4) is 0 Å². The average molecular weight is 583 g/mol. The van der Waals surface area contributed by atoms with Crippen LogP contribution in [0, 0.1) is 23.5 Å². The molecule has 3 aliphatic carbocycles. The van der Waals surface area contributed by atoms with Crippen LogP contribution in [0.15, 0.2) is 36.4 Å². The third kappa shape index (κ3) is 6.42. The Bertz CT molecular complexity index is 1230. The lowest BCUT2D eigenvalue weighted by molar-refractivity contribution is -0.135. The Morgan fingerprint density at radius 2 is 1.41 bits per heavy atom. The Kier molecular flexibility index (Phi) is 8.21. The Hall–Kier alpha value is -2.62. The number of ether oxygens (including phenoxy) is 3. The number of rotatable bonds is 10. The fourth-order valence-electron chi connectivity index (χ4n) is 6.07. The van der Waals surface area contributed by atoms with Crippen LogP contribution in [-0.2, 0) is 14.3 Å². The summed E-state index contributed by atoms with van der Waals surface area (Å²) in [6.07, 6.45) is 4.41. The summed E-state index contributed by atoms with van der Waals surface area (Å²) in [4.78, 5) is 25.8. The van der Waals surface area contributed by atoms with Gasteiger partial charge in [-0.25, -0.2) is 8.78 Å². The van der Waals surface area contributed by atoms with Gasteiger partial charge in [-0.15, -0.1) is 0 Å². The van der Waals surface area contributed by atoms with Gasteiger partial charge in [0.25, 0.3) is 11.8 Å². The van der Waals surface area contributed by atoms with E-state index in [9.17, 15) is 18.4 Å². The summed E-state index contributed by atoms with van der Waals surface area (Å²) >= 11 is 11.4. The molecule has 2 N–H and O–H groups in total. The van der Waals surface area contributed by atoms with Gasteiger partial charge >= 0.3 is 0 Å². The molecule has 2 amide bonds. The molecule has 6 rings (SSSR count). The second-order valence-electron chi connectivity index (χ2n) is 10.8. The number of hydrogen-bond acceptors (Lipinski definition) is 5. The standard InChI is InChI=1S/C28H30Cl2F2N2O5/c29-21-3-1-19(10-23(21)31)38-15-25(35)33-27-5-7-28(8-6-27,18(12-27)9-17-13-37-14-17)34-26(36)16-39-20-2-4-22(30)24(32)11-20/h1-4,10-11,17-18H,5-9,12-16H2,(H,33,35)(H,34,36). The highest BCUT2D eigenvalue weighted by atomic mass is 35.5. The highest BCUT2D eigenvalue weighted by molar-refractivity contribution is 6.31. The maximum atomic E-state index is 13.7. The van der Waals surface area contributed by atoms with Gasteiger partial charge in [0.05, 0.1) is 23.3 Å². The van der Waals surface area contributed by atoms with Crippen molar-refractivity contribution in [2.45, 2.75) is 49.6 Å². The second-order valence-corrected chi connectivity index (χ2v) is 11.6. The van der Waals surface area contributed by atoms with Crippen LogP contribution in [0.4, 0.5) is 8.78 Å². The molecule has 4 aliphatic rings. The summed E-state index contributed by atoms with van der Waals surface area (Å²) in [6.45, 7) is 0.897. The molecule has 210 valence electrons. The molecule has 11 heteroatoms. The lowest BCUT2D eigenvalue weighted by atomic mass is 9.54. The largest absolute Gasteiger partial charge is 0.484 e. The summed E-state index contributed by atoms with van der Waals surface area (Å²) in [5.74, 6) is -0.778. The molecule has 3 saturated carbocycles. The van der Waals surface area contributed by atoms with Crippen molar-refractivity contribution in [3.63, 3.8) is 0 Å². The SMILES string of the molecule is O=C(COc1ccc(Cl)c(F)c1)NC12CCC(NC(=O)COc3ccc(Cl)c(F)c3)(CC1)C(CC1COC1)C2. The Morgan fingerprint density at radius 3 is 1.90 bits per heavy atom. The van der Waals surface area contributed by atoms with E-state index < -0.39 is 22.7 Å². The van der Waals surface area contributed by atoms with Gasteiger partial charge in [0.1, 0.15) is 23.1 Å². The Morgan fingerprint density at radius 1 is 0.872 bits per heavy atom. The minimum atomic E-state index is -0.611. The smallest absolute Gasteiger partial charge is 0.258 e. The number of carbonyl (C=O) groups is 2. The first kappa shape index (κ1) is 27.9. The third-order valence-corrected chi connectivity index (χ3v) is 8.77. The minimum Gasteiger partial charge on any atom is -0.484 e. The maximum Gasteiger partial charge on any atom is 0.258 e. The zero-order chi connectivity index (χ0) is 27.6. The lowest BCUT2D eigenvalue weighted by Crippen LogP contribution is -2.69. The molecular weight excluding hydrogens is 553 g/mol. The summed E-state index contributed by atoms with van der Waals surface area (Å²) in [6, 6.07) is 8.09. The predicted octanol–water partition coefficient (Wildman–Crippen LogP) is 5.07. The minimum absolute atomic E-state index is 0.0148. The van der Waals surface area contributed by atoms with E-state index in [2.05, 4.69) is 10.6 Å². The Balaban J connectivity index is 1.20. The second kappa shape index (κ2) is 11.5. The van der Waals surface area contributed by atoms with Crippen molar-refractivity contribution in [1.29, 1.82) is 0 Å². The highest BCUT2D eigenvalue weighted by Crippen LogP contribution is 2.52. The predicted molar refractivity (Wildman–Crippen MR) is 141 cm³/mol. The fourth-order valence-corrected chi connectivity index (χ4v) is 6.30. The first-order valence-electron chi connectivity index (χ1n) is 13.0. The molecule has 1 atom stereocenters. The van der Waals surface area contributed by atoms with Gasteiger partial charge in [0.15, 0.2) is 13.2 Å². The van der Waals surface area contributed by atoms with Crippen molar-refractivity contribution in [1.82, 2.24) is 10.6 Å². The van der Waals surface area contributed by atoms with Crippen LogP contribution in [0.1, 0.15) is 38.5 Å². The average Bonchev–Trinajstić information content (AvgIpc) is 2.88. The van der Waals surface area contributed by atoms with Gasteiger partial charge in [-0.3, -0.25) is 9.59 Å². The van der Waals surface area contributed by atoms with Gasteiger partial charge in [-0.1, -0.05) is 23.2 Å². The van der Waals surface area contributed by atoms with Crippen molar-refractivity contribution in [3.8, 4) is 11.5 Å². The third-order valence-electron chi connectivity index (χ3n) is 8.16. The van der Waals surface area contributed by atoms with Crippen LogP contribution in [0.25, 0.3) is 0 Å². The molecule has 2 aromatic carbocycles. The van der Waals surface area contributed by atoms with Gasteiger partial charge in [0, 0.05) is 29.1 Å². The number of halogens is 4. The normalized spacial score (nSPS) is 26.0. The van der Waals surface area contributed by atoms with E-state index in [1.54, 1.807) is 0 Å². The van der Waals surface area contributed by atoms with Crippen molar-refractivity contribution in [3.05, 3.63) is 58.1 Å².